The molecule has 2 rings (SSSR count). The number of hydrogen-bond donors (Lipinski definition) is 2. The van der Waals surface area contributed by atoms with Gasteiger partial charge in [-0.25, -0.2) is 5.43 Å². The highest BCUT2D eigenvalue weighted by molar-refractivity contribution is 9.10. The van der Waals surface area contributed by atoms with Crippen LogP contribution in [0.15, 0.2) is 44.0 Å². The van der Waals surface area contributed by atoms with Crippen molar-refractivity contribution < 1.29 is 4.42 Å². The van der Waals surface area contributed by atoms with E-state index in [1.807, 2.05) is 24.3 Å². The van der Waals surface area contributed by atoms with Crippen molar-refractivity contribution in [3.8, 4) is 0 Å². The number of nitrogens with one attached hydrogen (secondary N) is 1. The number of rotatable bonds is 4. The van der Waals surface area contributed by atoms with E-state index < -0.39 is 0 Å². The maximum absolute atomic E-state index is 5.53. The number of nitrogens with zero attached hydrogens (tertiary/aromatic N) is 1. The molecule has 2 heterocycles. The minimum Gasteiger partial charge on any atom is -0.453 e. The zero-order chi connectivity index (χ0) is 12.3. The molecule has 0 saturated heterocycles. The van der Waals surface area contributed by atoms with E-state index in [1.54, 1.807) is 6.20 Å². The molecule has 0 bridgehead atoms. The van der Waals surface area contributed by atoms with Gasteiger partial charge in [-0.3, -0.25) is 10.8 Å². The van der Waals surface area contributed by atoms with E-state index in [2.05, 4.69) is 42.3 Å². The molecule has 17 heavy (non-hydrogen) atoms. The molecule has 0 aliphatic carbocycles. The fourth-order valence-electron chi connectivity index (χ4n) is 1.49. The predicted molar refractivity (Wildman–Crippen MR) is 72.1 cm³/mol. The van der Waals surface area contributed by atoms with E-state index in [1.165, 1.54) is 0 Å². The lowest BCUT2D eigenvalue weighted by Gasteiger charge is -2.12. The lowest BCUT2D eigenvalue weighted by atomic mass is 10.1. The van der Waals surface area contributed by atoms with Gasteiger partial charge in [-0.2, -0.15) is 0 Å². The van der Waals surface area contributed by atoms with Gasteiger partial charge >= 0.3 is 0 Å². The van der Waals surface area contributed by atoms with Gasteiger partial charge in [0.2, 0.25) is 0 Å². The Morgan fingerprint density at radius 3 is 2.65 bits per heavy atom. The summed E-state index contributed by atoms with van der Waals surface area (Å²) in [5.41, 5.74) is 3.68. The first-order valence-corrected chi connectivity index (χ1v) is 6.59. The molecule has 1 atom stereocenters. The molecule has 0 spiro atoms. The summed E-state index contributed by atoms with van der Waals surface area (Å²) in [5, 5.41) is 0. The summed E-state index contributed by atoms with van der Waals surface area (Å²) < 4.78 is 7.12. The van der Waals surface area contributed by atoms with Gasteiger partial charge in [0, 0.05) is 22.8 Å². The Bertz CT molecular complexity index is 484. The molecule has 0 radical (unpaired) electrons. The average molecular weight is 361 g/mol. The highest BCUT2D eigenvalue weighted by atomic mass is 79.9. The van der Waals surface area contributed by atoms with Crippen molar-refractivity contribution in [2.24, 2.45) is 5.84 Å². The summed E-state index contributed by atoms with van der Waals surface area (Å²) in [6, 6.07) is 7.54. The first kappa shape index (κ1) is 12.8. The van der Waals surface area contributed by atoms with Gasteiger partial charge in [0.1, 0.15) is 5.76 Å². The number of aromatic nitrogens is 1. The molecule has 2 aromatic heterocycles. The summed E-state index contributed by atoms with van der Waals surface area (Å²) in [5.74, 6) is 6.31. The third-order valence-corrected chi connectivity index (χ3v) is 3.24. The highest BCUT2D eigenvalue weighted by Gasteiger charge is 2.15. The van der Waals surface area contributed by atoms with Crippen LogP contribution in [0.25, 0.3) is 0 Å². The maximum Gasteiger partial charge on any atom is 0.169 e. The van der Waals surface area contributed by atoms with Crippen LogP contribution >= 0.6 is 31.9 Å². The standard InChI is InChI=1S/C11H11Br2N3O/c12-7-1-2-8(15-6-7)5-9(16-14)10-3-4-11(13)17-10/h1-4,6,9,16H,5,14H2. The van der Waals surface area contributed by atoms with Crippen LogP contribution in [0.5, 0.6) is 0 Å². The summed E-state index contributed by atoms with van der Waals surface area (Å²) in [6.45, 7) is 0. The normalized spacial score (nSPS) is 12.6. The molecule has 2 aromatic rings. The summed E-state index contributed by atoms with van der Waals surface area (Å²) in [4.78, 5) is 4.30. The van der Waals surface area contributed by atoms with Crippen molar-refractivity contribution in [1.82, 2.24) is 10.4 Å². The molecule has 1 unspecified atom stereocenters. The van der Waals surface area contributed by atoms with E-state index in [4.69, 9.17) is 10.3 Å². The summed E-state index contributed by atoms with van der Waals surface area (Å²) >= 11 is 6.62. The Hall–Kier alpha value is -0.690. The van der Waals surface area contributed by atoms with Crippen LogP contribution in [-0.2, 0) is 6.42 Å². The molecule has 0 fully saturated rings. The van der Waals surface area contributed by atoms with Crippen LogP contribution < -0.4 is 11.3 Å². The zero-order valence-corrected chi connectivity index (χ0v) is 12.0. The number of hydrazine groups is 1. The quantitative estimate of drug-likeness (QED) is 0.650. The molecular formula is C11H11Br2N3O. The maximum atomic E-state index is 5.53. The molecule has 4 nitrogen and oxygen atoms in total. The van der Waals surface area contributed by atoms with Gasteiger partial charge in [0.25, 0.3) is 0 Å². The van der Waals surface area contributed by atoms with Crippen molar-refractivity contribution in [1.29, 1.82) is 0 Å². The highest BCUT2D eigenvalue weighted by Crippen LogP contribution is 2.22. The van der Waals surface area contributed by atoms with Crippen LogP contribution in [0, 0.1) is 0 Å². The van der Waals surface area contributed by atoms with E-state index in [9.17, 15) is 0 Å². The first-order chi connectivity index (χ1) is 8.19. The van der Waals surface area contributed by atoms with Gasteiger partial charge in [-0.05, 0) is 56.1 Å². The molecule has 0 amide bonds. The Labute approximate surface area is 116 Å². The van der Waals surface area contributed by atoms with Gasteiger partial charge in [0.15, 0.2) is 4.67 Å². The summed E-state index contributed by atoms with van der Waals surface area (Å²) in [6.07, 6.45) is 2.44. The molecule has 90 valence electrons. The van der Waals surface area contributed by atoms with Crippen LogP contribution in [0.4, 0.5) is 0 Å². The number of furan rings is 1. The van der Waals surface area contributed by atoms with Gasteiger partial charge in [-0.1, -0.05) is 0 Å². The number of pyridine rings is 1. The molecule has 0 aliphatic heterocycles. The third-order valence-electron chi connectivity index (χ3n) is 2.34. The van der Waals surface area contributed by atoms with Crippen LogP contribution in [0.1, 0.15) is 17.5 Å². The van der Waals surface area contributed by atoms with Crippen molar-refractivity contribution in [3.05, 3.63) is 51.1 Å². The minimum absolute atomic E-state index is 0.0880. The lowest BCUT2D eigenvalue weighted by Crippen LogP contribution is -2.29. The fourth-order valence-corrected chi connectivity index (χ4v) is 2.05. The SMILES string of the molecule is NNC(Cc1ccc(Br)cn1)c1ccc(Br)o1. The Morgan fingerprint density at radius 1 is 1.29 bits per heavy atom. The van der Waals surface area contributed by atoms with Gasteiger partial charge in [0.05, 0.1) is 6.04 Å². The van der Waals surface area contributed by atoms with Crippen LogP contribution in [-0.4, -0.2) is 4.98 Å². The molecular weight excluding hydrogens is 350 g/mol. The largest absolute Gasteiger partial charge is 0.453 e. The summed E-state index contributed by atoms with van der Waals surface area (Å²) in [7, 11) is 0. The topological polar surface area (TPSA) is 64.1 Å². The first-order valence-electron chi connectivity index (χ1n) is 5.01. The van der Waals surface area contributed by atoms with E-state index in [-0.39, 0.29) is 6.04 Å². The van der Waals surface area contributed by atoms with Crippen molar-refractivity contribution in [2.75, 3.05) is 0 Å². The predicted octanol–water partition coefficient (Wildman–Crippen LogP) is 2.95. The minimum atomic E-state index is -0.0880. The van der Waals surface area contributed by atoms with Crippen molar-refractivity contribution >= 4 is 31.9 Å². The van der Waals surface area contributed by atoms with Crippen molar-refractivity contribution in [2.45, 2.75) is 12.5 Å². The Morgan fingerprint density at radius 2 is 2.12 bits per heavy atom. The van der Waals surface area contributed by atoms with Gasteiger partial charge in [-0.15, -0.1) is 0 Å². The van der Waals surface area contributed by atoms with Gasteiger partial charge < -0.3 is 4.42 Å². The zero-order valence-electron chi connectivity index (χ0n) is 8.86. The molecule has 3 N–H and O–H groups in total. The Balaban J connectivity index is 2.12. The Kier molecular flexibility index (Phi) is 4.33. The number of halogens is 2. The third kappa shape index (κ3) is 3.38. The smallest absolute Gasteiger partial charge is 0.169 e. The molecule has 0 saturated carbocycles. The molecule has 6 heteroatoms. The average Bonchev–Trinajstić information content (AvgIpc) is 2.75. The van der Waals surface area contributed by atoms with Crippen LogP contribution in [0.2, 0.25) is 0 Å². The fraction of sp³-hybridized carbons (Fsp3) is 0.182. The second kappa shape index (κ2) is 5.77. The van der Waals surface area contributed by atoms with Crippen molar-refractivity contribution in [3.63, 3.8) is 0 Å². The number of nitrogens with two attached hydrogens (primary N) is 1. The second-order valence-corrected chi connectivity index (χ2v) is 5.23. The second-order valence-electron chi connectivity index (χ2n) is 3.53. The van der Waals surface area contributed by atoms with Crippen LogP contribution in [0.3, 0.4) is 0 Å². The van der Waals surface area contributed by atoms with E-state index in [0.29, 0.717) is 11.1 Å². The number of hydrogen-bond acceptors (Lipinski definition) is 4. The van der Waals surface area contributed by atoms with E-state index in [0.717, 1.165) is 15.9 Å². The molecule has 0 aromatic carbocycles. The van der Waals surface area contributed by atoms with E-state index >= 15 is 0 Å². The lowest BCUT2D eigenvalue weighted by molar-refractivity contribution is 0.403. The monoisotopic (exact) mass is 359 g/mol. The molecule has 0 aliphatic rings.